The Morgan fingerprint density at radius 1 is 1.27 bits per heavy atom. The lowest BCUT2D eigenvalue weighted by Gasteiger charge is -2.28. The van der Waals surface area contributed by atoms with Crippen molar-refractivity contribution in [1.82, 2.24) is 19.7 Å². The minimum atomic E-state index is -0.0468. The molecule has 3 aromatic rings. The summed E-state index contributed by atoms with van der Waals surface area (Å²) < 4.78 is 7.38. The van der Waals surface area contributed by atoms with Crippen molar-refractivity contribution < 1.29 is 4.74 Å². The number of fused-ring (bicyclic) bond motifs is 2. The van der Waals surface area contributed by atoms with Crippen LogP contribution in [-0.2, 0) is 4.74 Å². The summed E-state index contributed by atoms with van der Waals surface area (Å²) in [6.07, 6.45) is 3.69. The molecule has 22 heavy (non-hydrogen) atoms. The maximum Gasteiger partial charge on any atom is 0.239 e. The number of nitrogens with zero attached hydrogens (tertiary/aromatic N) is 4. The van der Waals surface area contributed by atoms with E-state index in [0.29, 0.717) is 0 Å². The predicted molar refractivity (Wildman–Crippen MR) is 83.3 cm³/mol. The molecule has 2 unspecified atom stereocenters. The third-order valence-corrected chi connectivity index (χ3v) is 4.24. The number of aromatic nitrogens is 4. The van der Waals surface area contributed by atoms with Crippen LogP contribution in [0.15, 0.2) is 36.5 Å². The van der Waals surface area contributed by atoms with Crippen molar-refractivity contribution in [2.75, 3.05) is 12.8 Å². The Morgan fingerprint density at radius 3 is 3.00 bits per heavy atom. The van der Waals surface area contributed by atoms with Gasteiger partial charge < -0.3 is 10.5 Å². The molecule has 0 saturated heterocycles. The smallest absolute Gasteiger partial charge is 0.239 e. The molecular weight excluding hydrogens is 278 g/mol. The SMILES string of the molecule is COC1CCC(c2cnc3ccccc3c2)n2nc(N)nc21. The zero-order valence-electron chi connectivity index (χ0n) is 12.3. The first-order chi connectivity index (χ1) is 10.8. The molecule has 0 radical (unpaired) electrons. The van der Waals surface area contributed by atoms with Crippen LogP contribution in [0.2, 0.25) is 0 Å². The number of nitrogen functional groups attached to an aromatic ring is 1. The third kappa shape index (κ3) is 2.03. The summed E-state index contributed by atoms with van der Waals surface area (Å²) in [5, 5.41) is 5.49. The van der Waals surface area contributed by atoms with E-state index in [1.165, 1.54) is 0 Å². The second-order valence-electron chi connectivity index (χ2n) is 5.55. The van der Waals surface area contributed by atoms with Crippen LogP contribution in [0, 0.1) is 0 Å². The highest BCUT2D eigenvalue weighted by atomic mass is 16.5. The van der Waals surface area contributed by atoms with Crippen LogP contribution in [0.1, 0.15) is 36.4 Å². The molecule has 0 bridgehead atoms. The number of hydrogen-bond acceptors (Lipinski definition) is 5. The number of nitrogens with two attached hydrogens (primary N) is 1. The van der Waals surface area contributed by atoms with Gasteiger partial charge in [-0.3, -0.25) is 4.98 Å². The molecule has 2 atom stereocenters. The van der Waals surface area contributed by atoms with Crippen molar-refractivity contribution in [2.45, 2.75) is 25.0 Å². The highest BCUT2D eigenvalue weighted by molar-refractivity contribution is 5.78. The minimum Gasteiger partial charge on any atom is -0.373 e. The van der Waals surface area contributed by atoms with E-state index in [1.807, 2.05) is 29.1 Å². The molecule has 1 aromatic carbocycles. The summed E-state index contributed by atoms with van der Waals surface area (Å²) in [4.78, 5) is 8.88. The summed E-state index contributed by atoms with van der Waals surface area (Å²) in [5.74, 6) is 1.09. The van der Waals surface area contributed by atoms with Gasteiger partial charge in [0.2, 0.25) is 5.95 Å². The molecule has 1 aliphatic rings. The molecule has 0 aliphatic carbocycles. The first-order valence-electron chi connectivity index (χ1n) is 7.35. The molecule has 112 valence electrons. The Kier molecular flexibility index (Phi) is 3.04. The largest absolute Gasteiger partial charge is 0.373 e. The van der Waals surface area contributed by atoms with E-state index < -0.39 is 0 Å². The first-order valence-corrected chi connectivity index (χ1v) is 7.35. The van der Waals surface area contributed by atoms with Gasteiger partial charge in [0.25, 0.3) is 0 Å². The van der Waals surface area contributed by atoms with Crippen molar-refractivity contribution in [1.29, 1.82) is 0 Å². The molecule has 1 aliphatic heterocycles. The van der Waals surface area contributed by atoms with Crippen LogP contribution < -0.4 is 5.73 Å². The van der Waals surface area contributed by atoms with E-state index in [-0.39, 0.29) is 18.1 Å². The van der Waals surface area contributed by atoms with E-state index in [0.717, 1.165) is 35.1 Å². The van der Waals surface area contributed by atoms with Crippen molar-refractivity contribution in [3.63, 3.8) is 0 Å². The van der Waals surface area contributed by atoms with Crippen LogP contribution >= 0.6 is 0 Å². The monoisotopic (exact) mass is 295 g/mol. The average molecular weight is 295 g/mol. The van der Waals surface area contributed by atoms with Crippen LogP contribution in [0.4, 0.5) is 5.95 Å². The van der Waals surface area contributed by atoms with E-state index in [2.05, 4.69) is 27.2 Å². The number of para-hydroxylation sites is 1. The second-order valence-corrected chi connectivity index (χ2v) is 5.55. The number of benzene rings is 1. The molecule has 6 nitrogen and oxygen atoms in total. The van der Waals surface area contributed by atoms with Crippen molar-refractivity contribution in [2.24, 2.45) is 0 Å². The fourth-order valence-electron chi connectivity index (χ4n) is 3.16. The fraction of sp³-hybridized carbons (Fsp3) is 0.312. The van der Waals surface area contributed by atoms with E-state index in [4.69, 9.17) is 10.5 Å². The fourth-order valence-corrected chi connectivity index (χ4v) is 3.16. The normalized spacial score (nSPS) is 21.0. The molecule has 2 aromatic heterocycles. The molecule has 0 fully saturated rings. The van der Waals surface area contributed by atoms with Gasteiger partial charge in [-0.15, -0.1) is 5.10 Å². The summed E-state index contributed by atoms with van der Waals surface area (Å²) >= 11 is 0. The molecule has 0 amide bonds. The van der Waals surface area contributed by atoms with Crippen LogP contribution in [0.25, 0.3) is 10.9 Å². The van der Waals surface area contributed by atoms with Crippen molar-refractivity contribution >= 4 is 16.9 Å². The maximum absolute atomic E-state index is 5.79. The number of pyridine rings is 1. The predicted octanol–water partition coefficient (Wildman–Crippen LogP) is 2.48. The van der Waals surface area contributed by atoms with Gasteiger partial charge in [0.1, 0.15) is 6.10 Å². The van der Waals surface area contributed by atoms with Gasteiger partial charge in [0.05, 0.1) is 11.6 Å². The third-order valence-electron chi connectivity index (χ3n) is 4.24. The quantitative estimate of drug-likeness (QED) is 0.785. The number of hydrogen-bond donors (Lipinski definition) is 1. The summed E-state index contributed by atoms with van der Waals surface area (Å²) in [6, 6.07) is 10.4. The van der Waals surface area contributed by atoms with Gasteiger partial charge in [-0.1, -0.05) is 18.2 Å². The van der Waals surface area contributed by atoms with Gasteiger partial charge in [-0.25, -0.2) is 4.68 Å². The second kappa shape index (κ2) is 5.06. The topological polar surface area (TPSA) is 78.8 Å². The average Bonchev–Trinajstić information content (AvgIpc) is 2.94. The van der Waals surface area contributed by atoms with Crippen LogP contribution in [-0.4, -0.2) is 26.9 Å². The van der Waals surface area contributed by atoms with Gasteiger partial charge in [0, 0.05) is 18.7 Å². The lowest BCUT2D eigenvalue weighted by molar-refractivity contribution is 0.0648. The van der Waals surface area contributed by atoms with Gasteiger partial charge in [-0.05, 0) is 30.5 Å². The van der Waals surface area contributed by atoms with Crippen LogP contribution in [0.5, 0.6) is 0 Å². The summed E-state index contributed by atoms with van der Waals surface area (Å²) in [6.45, 7) is 0. The summed E-state index contributed by atoms with van der Waals surface area (Å²) in [5.41, 5.74) is 7.91. The highest BCUT2D eigenvalue weighted by Gasteiger charge is 2.31. The van der Waals surface area contributed by atoms with Crippen molar-refractivity contribution in [3.05, 3.63) is 47.9 Å². The summed E-state index contributed by atoms with van der Waals surface area (Å²) in [7, 11) is 1.69. The number of rotatable bonds is 2. The zero-order chi connectivity index (χ0) is 15.1. The van der Waals surface area contributed by atoms with Gasteiger partial charge >= 0.3 is 0 Å². The molecule has 4 rings (SSSR count). The Hall–Kier alpha value is -2.47. The standard InChI is InChI=1S/C16H17N5O/c1-22-14-7-6-13(21-15(14)19-16(17)20-21)11-8-10-4-2-3-5-12(10)18-9-11/h2-5,8-9,13-14H,6-7H2,1H3,(H2,17,20). The van der Waals surface area contributed by atoms with E-state index >= 15 is 0 Å². The van der Waals surface area contributed by atoms with E-state index in [9.17, 15) is 0 Å². The molecule has 2 N–H and O–H groups in total. The Bertz CT molecular complexity index is 828. The molecule has 0 spiro atoms. The Labute approximate surface area is 127 Å². The lowest BCUT2D eigenvalue weighted by atomic mass is 9.96. The molecular formula is C16H17N5O. The van der Waals surface area contributed by atoms with Crippen LogP contribution in [0.3, 0.4) is 0 Å². The lowest BCUT2D eigenvalue weighted by Crippen LogP contribution is -2.24. The Balaban J connectivity index is 1.81. The molecule has 6 heteroatoms. The first kappa shape index (κ1) is 13.2. The minimum absolute atomic E-state index is 0.0468. The zero-order valence-corrected chi connectivity index (χ0v) is 12.3. The highest BCUT2D eigenvalue weighted by Crippen LogP contribution is 2.36. The maximum atomic E-state index is 5.79. The van der Waals surface area contributed by atoms with E-state index in [1.54, 1.807) is 7.11 Å². The number of methoxy groups -OCH3 is 1. The number of ether oxygens (including phenoxy) is 1. The van der Waals surface area contributed by atoms with Crippen molar-refractivity contribution in [3.8, 4) is 0 Å². The molecule has 3 heterocycles. The van der Waals surface area contributed by atoms with Gasteiger partial charge in [-0.2, -0.15) is 4.98 Å². The Morgan fingerprint density at radius 2 is 2.14 bits per heavy atom. The number of anilines is 1. The molecule has 0 saturated carbocycles. The van der Waals surface area contributed by atoms with Gasteiger partial charge in [0.15, 0.2) is 5.82 Å².